The molecule has 1 aromatic heterocycles. The van der Waals surface area contributed by atoms with Crippen molar-refractivity contribution in [3.63, 3.8) is 0 Å². The third-order valence-electron chi connectivity index (χ3n) is 4.67. The SMILES string of the molecule is O=C(c1ccccc1)c1cc(Nc2ccccc2NC(=O)C(F)(F)F)n(-c2ccccc2)n1. The van der Waals surface area contributed by atoms with Gasteiger partial charge in [0.2, 0.25) is 5.78 Å². The number of ketones is 1. The molecule has 0 fully saturated rings. The van der Waals surface area contributed by atoms with Crippen LogP contribution >= 0.6 is 0 Å². The average Bonchev–Trinajstić information content (AvgIpc) is 3.24. The second-order valence-corrected chi connectivity index (χ2v) is 6.98. The van der Waals surface area contributed by atoms with Crippen LogP contribution in [0.5, 0.6) is 0 Å². The zero-order chi connectivity index (χ0) is 23.4. The molecule has 0 saturated carbocycles. The Kier molecular flexibility index (Phi) is 5.95. The fraction of sp³-hybridized carbons (Fsp3) is 0.0417. The van der Waals surface area contributed by atoms with Gasteiger partial charge >= 0.3 is 12.1 Å². The molecule has 1 heterocycles. The van der Waals surface area contributed by atoms with Crippen LogP contribution < -0.4 is 10.6 Å². The van der Waals surface area contributed by atoms with Crippen molar-refractivity contribution in [3.05, 3.63) is 102 Å². The number of nitrogens with zero attached hydrogens (tertiary/aromatic N) is 2. The third kappa shape index (κ3) is 4.93. The largest absolute Gasteiger partial charge is 0.471 e. The fourth-order valence-corrected chi connectivity index (χ4v) is 3.12. The van der Waals surface area contributed by atoms with Crippen LogP contribution in [-0.2, 0) is 4.79 Å². The number of para-hydroxylation sites is 3. The van der Waals surface area contributed by atoms with Gasteiger partial charge in [-0.1, -0.05) is 60.7 Å². The van der Waals surface area contributed by atoms with Gasteiger partial charge in [-0.2, -0.15) is 18.3 Å². The van der Waals surface area contributed by atoms with Gasteiger partial charge in [-0.15, -0.1) is 0 Å². The number of anilines is 3. The first-order valence-electron chi connectivity index (χ1n) is 9.82. The highest BCUT2D eigenvalue weighted by Crippen LogP contribution is 2.29. The molecule has 0 bridgehead atoms. The number of nitrogens with one attached hydrogen (secondary N) is 2. The minimum Gasteiger partial charge on any atom is -0.338 e. The number of halogens is 3. The summed E-state index contributed by atoms with van der Waals surface area (Å²) in [6, 6.07) is 25.0. The first kappa shape index (κ1) is 21.8. The summed E-state index contributed by atoms with van der Waals surface area (Å²) in [6.07, 6.45) is -5.03. The van der Waals surface area contributed by atoms with Crippen molar-refractivity contribution >= 4 is 28.9 Å². The van der Waals surface area contributed by atoms with Crippen molar-refractivity contribution in [1.29, 1.82) is 0 Å². The van der Waals surface area contributed by atoms with Crippen LogP contribution in [0.25, 0.3) is 5.69 Å². The summed E-state index contributed by atoms with van der Waals surface area (Å²) in [5.41, 5.74) is 1.34. The van der Waals surface area contributed by atoms with Crippen LogP contribution in [0.4, 0.5) is 30.4 Å². The van der Waals surface area contributed by atoms with Gasteiger partial charge in [0, 0.05) is 11.6 Å². The molecule has 0 saturated heterocycles. The van der Waals surface area contributed by atoms with Crippen LogP contribution in [0.2, 0.25) is 0 Å². The van der Waals surface area contributed by atoms with Crippen molar-refractivity contribution in [3.8, 4) is 5.69 Å². The lowest BCUT2D eigenvalue weighted by molar-refractivity contribution is -0.167. The lowest BCUT2D eigenvalue weighted by Gasteiger charge is -2.15. The molecule has 2 N–H and O–H groups in total. The highest BCUT2D eigenvalue weighted by atomic mass is 19.4. The molecule has 1 amide bonds. The van der Waals surface area contributed by atoms with E-state index in [1.54, 1.807) is 60.7 Å². The van der Waals surface area contributed by atoms with Gasteiger partial charge in [-0.3, -0.25) is 9.59 Å². The lowest BCUT2D eigenvalue weighted by Crippen LogP contribution is -2.30. The molecular weight excluding hydrogens is 433 g/mol. The molecule has 6 nitrogen and oxygen atoms in total. The van der Waals surface area contributed by atoms with Gasteiger partial charge in [-0.05, 0) is 24.3 Å². The summed E-state index contributed by atoms with van der Waals surface area (Å²) in [5.74, 6) is -2.07. The first-order chi connectivity index (χ1) is 15.8. The number of carbonyl (C=O) groups excluding carboxylic acids is 2. The van der Waals surface area contributed by atoms with Gasteiger partial charge in [0.15, 0.2) is 0 Å². The van der Waals surface area contributed by atoms with Crippen molar-refractivity contribution in [2.45, 2.75) is 6.18 Å². The number of amides is 1. The molecule has 0 aliphatic carbocycles. The Labute approximate surface area is 186 Å². The van der Waals surface area contributed by atoms with Gasteiger partial charge in [-0.25, -0.2) is 4.68 Å². The van der Waals surface area contributed by atoms with E-state index in [1.165, 1.54) is 28.9 Å². The van der Waals surface area contributed by atoms with Crippen molar-refractivity contribution in [1.82, 2.24) is 9.78 Å². The number of benzene rings is 3. The van der Waals surface area contributed by atoms with E-state index in [9.17, 15) is 22.8 Å². The number of hydrogen-bond acceptors (Lipinski definition) is 4. The van der Waals surface area contributed by atoms with E-state index >= 15 is 0 Å². The highest BCUT2D eigenvalue weighted by molar-refractivity contribution is 6.08. The average molecular weight is 450 g/mol. The van der Waals surface area contributed by atoms with Crippen molar-refractivity contribution < 1.29 is 22.8 Å². The zero-order valence-electron chi connectivity index (χ0n) is 17.0. The Balaban J connectivity index is 1.73. The summed E-state index contributed by atoms with van der Waals surface area (Å²) in [4.78, 5) is 24.4. The number of rotatable bonds is 6. The van der Waals surface area contributed by atoms with Crippen LogP contribution in [-0.4, -0.2) is 27.6 Å². The van der Waals surface area contributed by atoms with E-state index in [0.29, 0.717) is 17.1 Å². The third-order valence-corrected chi connectivity index (χ3v) is 4.67. The summed E-state index contributed by atoms with van der Waals surface area (Å²) in [7, 11) is 0. The smallest absolute Gasteiger partial charge is 0.338 e. The quantitative estimate of drug-likeness (QED) is 0.389. The molecule has 0 aliphatic heterocycles. The second-order valence-electron chi connectivity index (χ2n) is 6.98. The number of hydrogen-bond donors (Lipinski definition) is 2. The Morgan fingerprint density at radius 2 is 1.36 bits per heavy atom. The van der Waals surface area contributed by atoms with Crippen molar-refractivity contribution in [2.75, 3.05) is 10.6 Å². The van der Waals surface area contributed by atoms with E-state index in [0.717, 1.165) is 0 Å². The van der Waals surface area contributed by atoms with Crippen LogP contribution in [0.3, 0.4) is 0 Å². The molecule has 166 valence electrons. The molecule has 4 aromatic rings. The number of alkyl halides is 3. The molecule has 0 unspecified atom stereocenters. The minimum absolute atomic E-state index is 0.0726. The highest BCUT2D eigenvalue weighted by Gasteiger charge is 2.39. The molecule has 0 radical (unpaired) electrons. The Hall–Kier alpha value is -4.40. The molecular formula is C24H17F3N4O2. The summed E-state index contributed by atoms with van der Waals surface area (Å²) >= 11 is 0. The molecule has 3 aromatic carbocycles. The van der Waals surface area contributed by atoms with E-state index in [4.69, 9.17) is 0 Å². The molecule has 9 heteroatoms. The molecule has 4 rings (SSSR count). The summed E-state index contributed by atoms with van der Waals surface area (Å²) in [6.45, 7) is 0. The Morgan fingerprint density at radius 1 is 0.788 bits per heavy atom. The van der Waals surface area contributed by atoms with Gasteiger partial charge < -0.3 is 10.6 Å². The maximum atomic E-state index is 12.9. The monoisotopic (exact) mass is 450 g/mol. The predicted octanol–water partition coefficient (Wildman–Crippen LogP) is 5.35. The topological polar surface area (TPSA) is 76.0 Å². The predicted molar refractivity (Wildman–Crippen MR) is 118 cm³/mol. The molecule has 33 heavy (non-hydrogen) atoms. The Bertz CT molecular complexity index is 1290. The fourth-order valence-electron chi connectivity index (χ4n) is 3.12. The normalized spacial score (nSPS) is 11.1. The van der Waals surface area contributed by atoms with E-state index in [1.807, 2.05) is 11.4 Å². The summed E-state index contributed by atoms with van der Waals surface area (Å²) in [5, 5.41) is 9.27. The van der Waals surface area contributed by atoms with Gasteiger partial charge in [0.25, 0.3) is 0 Å². The van der Waals surface area contributed by atoms with E-state index < -0.39 is 12.1 Å². The van der Waals surface area contributed by atoms with Crippen molar-refractivity contribution in [2.24, 2.45) is 0 Å². The van der Waals surface area contributed by atoms with Gasteiger partial charge in [0.05, 0.1) is 17.1 Å². The maximum absolute atomic E-state index is 12.9. The standard InChI is InChI=1S/C24H17F3N4O2/c25-24(26,27)23(33)29-19-14-8-7-13-18(19)28-21-15-20(22(32)16-9-3-1-4-10-16)30-31(21)17-11-5-2-6-12-17/h1-15,28H,(H,29,33). The summed E-state index contributed by atoms with van der Waals surface area (Å²) < 4.78 is 39.7. The van der Waals surface area contributed by atoms with E-state index in [-0.39, 0.29) is 22.9 Å². The molecule has 0 atom stereocenters. The molecule has 0 aliphatic rings. The number of aromatic nitrogens is 2. The van der Waals surface area contributed by atoms with E-state index in [2.05, 4.69) is 10.4 Å². The zero-order valence-corrected chi connectivity index (χ0v) is 17.0. The lowest BCUT2D eigenvalue weighted by atomic mass is 10.1. The van der Waals surface area contributed by atoms with Crippen LogP contribution in [0.1, 0.15) is 16.1 Å². The minimum atomic E-state index is -5.03. The van der Waals surface area contributed by atoms with Gasteiger partial charge in [0.1, 0.15) is 11.5 Å². The molecule has 0 spiro atoms. The van der Waals surface area contributed by atoms with Crippen LogP contribution in [0, 0.1) is 0 Å². The second kappa shape index (κ2) is 8.99. The number of carbonyl (C=O) groups is 2. The maximum Gasteiger partial charge on any atom is 0.471 e. The first-order valence-corrected chi connectivity index (χ1v) is 9.82. The van der Waals surface area contributed by atoms with Crippen LogP contribution in [0.15, 0.2) is 91.0 Å². The Morgan fingerprint density at radius 3 is 2.00 bits per heavy atom.